The molecule has 84 valence electrons. The Morgan fingerprint density at radius 1 is 1.50 bits per heavy atom. The van der Waals surface area contributed by atoms with E-state index in [0.717, 1.165) is 21.5 Å². The maximum atomic E-state index is 11.9. The Labute approximate surface area is 107 Å². The highest BCUT2D eigenvalue weighted by molar-refractivity contribution is 14.1. The van der Waals surface area contributed by atoms with Crippen molar-refractivity contribution in [1.29, 1.82) is 0 Å². The summed E-state index contributed by atoms with van der Waals surface area (Å²) >= 11 is 2.25. The average Bonchev–Trinajstić information content (AvgIpc) is 2.29. The molecule has 1 amide bonds. The molecule has 0 radical (unpaired) electrons. The topological polar surface area (TPSA) is 41.6 Å². The standard InChI is InChI=1S/C11H11IN2O2/c12-7-1-2-9-8(5-7)13-11(15)10-6-16-4-3-14(9)10/h1-2,5,10H,3-4,6H2,(H,13,15). The average molecular weight is 330 g/mol. The Morgan fingerprint density at radius 3 is 3.25 bits per heavy atom. The van der Waals surface area contributed by atoms with Crippen molar-refractivity contribution >= 4 is 39.9 Å². The molecular weight excluding hydrogens is 319 g/mol. The minimum absolute atomic E-state index is 0.0363. The number of carbonyl (C=O) groups excluding carboxylic acids is 1. The fraction of sp³-hybridized carbons (Fsp3) is 0.364. The first kappa shape index (κ1) is 10.3. The largest absolute Gasteiger partial charge is 0.377 e. The van der Waals surface area contributed by atoms with E-state index in [-0.39, 0.29) is 11.9 Å². The SMILES string of the molecule is O=C1Nc2cc(I)ccc2N2CCOCC12. The highest BCUT2D eigenvalue weighted by atomic mass is 127. The van der Waals surface area contributed by atoms with E-state index >= 15 is 0 Å². The normalized spacial score (nSPS) is 23.4. The van der Waals surface area contributed by atoms with E-state index in [1.165, 1.54) is 0 Å². The summed E-state index contributed by atoms with van der Waals surface area (Å²) in [5, 5.41) is 2.93. The Balaban J connectivity index is 2.06. The van der Waals surface area contributed by atoms with Gasteiger partial charge in [-0.1, -0.05) is 0 Å². The fourth-order valence-electron chi connectivity index (χ4n) is 2.18. The first-order valence-corrected chi connectivity index (χ1v) is 6.28. The summed E-state index contributed by atoms with van der Waals surface area (Å²) in [5.41, 5.74) is 2.02. The predicted octanol–water partition coefficient (Wildman–Crippen LogP) is 1.45. The Kier molecular flexibility index (Phi) is 2.51. The van der Waals surface area contributed by atoms with Crippen LogP contribution >= 0.6 is 22.6 Å². The second kappa shape index (κ2) is 3.89. The number of nitrogens with zero attached hydrogens (tertiary/aromatic N) is 1. The molecule has 1 aromatic carbocycles. The van der Waals surface area contributed by atoms with Crippen LogP contribution in [-0.2, 0) is 9.53 Å². The van der Waals surface area contributed by atoms with Crippen molar-refractivity contribution in [3.05, 3.63) is 21.8 Å². The molecule has 0 bridgehead atoms. The molecule has 1 saturated heterocycles. The third kappa shape index (κ3) is 1.58. The van der Waals surface area contributed by atoms with Crippen LogP contribution in [0.25, 0.3) is 0 Å². The summed E-state index contributed by atoms with van der Waals surface area (Å²) in [4.78, 5) is 14.0. The quantitative estimate of drug-likeness (QED) is 0.732. The van der Waals surface area contributed by atoms with Crippen molar-refractivity contribution in [3.8, 4) is 0 Å². The number of rotatable bonds is 0. The van der Waals surface area contributed by atoms with Crippen LogP contribution in [0.5, 0.6) is 0 Å². The zero-order chi connectivity index (χ0) is 11.1. The lowest BCUT2D eigenvalue weighted by molar-refractivity contribution is -0.119. The summed E-state index contributed by atoms with van der Waals surface area (Å²) in [5.74, 6) is 0.0363. The number of nitrogens with one attached hydrogen (secondary N) is 1. The molecule has 2 aliphatic rings. The number of hydrogen-bond acceptors (Lipinski definition) is 3. The van der Waals surface area contributed by atoms with Gasteiger partial charge in [0.1, 0.15) is 6.04 Å². The summed E-state index contributed by atoms with van der Waals surface area (Å²) in [6.07, 6.45) is 0. The van der Waals surface area contributed by atoms with Crippen LogP contribution in [-0.4, -0.2) is 31.7 Å². The summed E-state index contributed by atoms with van der Waals surface area (Å²) in [6.45, 7) is 1.96. The smallest absolute Gasteiger partial charge is 0.249 e. The van der Waals surface area contributed by atoms with Gasteiger partial charge in [-0.3, -0.25) is 4.79 Å². The van der Waals surface area contributed by atoms with Crippen LogP contribution in [0, 0.1) is 3.57 Å². The van der Waals surface area contributed by atoms with Crippen molar-refractivity contribution < 1.29 is 9.53 Å². The lowest BCUT2D eigenvalue weighted by Gasteiger charge is -2.40. The number of halogens is 1. The number of morpholine rings is 1. The van der Waals surface area contributed by atoms with Crippen molar-refractivity contribution in [2.45, 2.75) is 6.04 Å². The van der Waals surface area contributed by atoms with Gasteiger partial charge in [0.25, 0.3) is 0 Å². The number of ether oxygens (including phenoxy) is 1. The molecule has 2 heterocycles. The van der Waals surface area contributed by atoms with Crippen LogP contribution in [0.2, 0.25) is 0 Å². The van der Waals surface area contributed by atoms with E-state index in [0.29, 0.717) is 13.2 Å². The minimum atomic E-state index is -0.165. The predicted molar refractivity (Wildman–Crippen MR) is 69.7 cm³/mol. The van der Waals surface area contributed by atoms with Crippen molar-refractivity contribution in [2.24, 2.45) is 0 Å². The number of hydrogen-bond donors (Lipinski definition) is 1. The molecule has 3 rings (SSSR count). The fourth-order valence-corrected chi connectivity index (χ4v) is 2.68. The maximum absolute atomic E-state index is 11.9. The molecule has 2 aliphatic heterocycles. The van der Waals surface area contributed by atoms with Gasteiger partial charge in [-0.05, 0) is 40.8 Å². The highest BCUT2D eigenvalue weighted by Crippen LogP contribution is 2.34. The Hall–Kier alpha value is -0.820. The van der Waals surface area contributed by atoms with E-state index in [9.17, 15) is 4.79 Å². The van der Waals surface area contributed by atoms with Crippen LogP contribution < -0.4 is 10.2 Å². The Morgan fingerprint density at radius 2 is 2.38 bits per heavy atom. The minimum Gasteiger partial charge on any atom is -0.377 e. The van der Waals surface area contributed by atoms with Crippen LogP contribution in [0.3, 0.4) is 0 Å². The van der Waals surface area contributed by atoms with Crippen molar-refractivity contribution in [1.82, 2.24) is 0 Å². The van der Waals surface area contributed by atoms with Gasteiger partial charge in [0.15, 0.2) is 0 Å². The van der Waals surface area contributed by atoms with E-state index in [1.807, 2.05) is 6.07 Å². The van der Waals surface area contributed by atoms with Gasteiger partial charge in [0, 0.05) is 10.1 Å². The zero-order valence-electron chi connectivity index (χ0n) is 8.57. The molecule has 0 saturated carbocycles. The van der Waals surface area contributed by atoms with Crippen molar-refractivity contribution in [3.63, 3.8) is 0 Å². The second-order valence-corrected chi connectivity index (χ2v) is 5.18. The molecule has 1 unspecified atom stereocenters. The number of fused-ring (bicyclic) bond motifs is 3. The van der Waals surface area contributed by atoms with Gasteiger partial charge in [-0.2, -0.15) is 0 Å². The first-order valence-electron chi connectivity index (χ1n) is 5.20. The van der Waals surface area contributed by atoms with E-state index < -0.39 is 0 Å². The van der Waals surface area contributed by atoms with Gasteiger partial charge in [-0.25, -0.2) is 0 Å². The molecule has 0 spiro atoms. The van der Waals surface area contributed by atoms with Gasteiger partial charge in [0.2, 0.25) is 5.91 Å². The van der Waals surface area contributed by atoms with Gasteiger partial charge >= 0.3 is 0 Å². The van der Waals surface area contributed by atoms with E-state index in [4.69, 9.17) is 4.74 Å². The van der Waals surface area contributed by atoms with E-state index in [2.05, 4.69) is 44.9 Å². The molecule has 1 atom stereocenters. The van der Waals surface area contributed by atoms with Gasteiger partial charge in [0.05, 0.1) is 24.6 Å². The molecule has 1 aromatic rings. The van der Waals surface area contributed by atoms with Crippen molar-refractivity contribution in [2.75, 3.05) is 30.0 Å². The lowest BCUT2D eigenvalue weighted by atomic mass is 10.1. The summed E-state index contributed by atoms with van der Waals surface area (Å²) in [7, 11) is 0. The second-order valence-electron chi connectivity index (χ2n) is 3.93. The monoisotopic (exact) mass is 330 g/mol. The molecular formula is C11H11IN2O2. The molecule has 16 heavy (non-hydrogen) atoms. The van der Waals surface area contributed by atoms with Crippen LogP contribution in [0.4, 0.5) is 11.4 Å². The molecule has 4 nitrogen and oxygen atoms in total. The maximum Gasteiger partial charge on any atom is 0.249 e. The molecule has 1 fully saturated rings. The number of anilines is 2. The van der Waals surface area contributed by atoms with Gasteiger partial charge in [-0.15, -0.1) is 0 Å². The summed E-state index contributed by atoms with van der Waals surface area (Å²) < 4.78 is 6.47. The molecule has 0 aliphatic carbocycles. The molecule has 5 heteroatoms. The summed E-state index contributed by atoms with van der Waals surface area (Å²) in [6, 6.07) is 5.96. The Bertz CT molecular complexity index is 450. The molecule has 1 N–H and O–H groups in total. The lowest BCUT2D eigenvalue weighted by Crippen LogP contribution is -2.54. The first-order chi connectivity index (χ1) is 7.75. The van der Waals surface area contributed by atoms with E-state index in [1.54, 1.807) is 0 Å². The van der Waals surface area contributed by atoms with Gasteiger partial charge < -0.3 is 15.0 Å². The molecule has 0 aromatic heterocycles. The van der Waals surface area contributed by atoms with Crippen LogP contribution in [0.1, 0.15) is 0 Å². The number of carbonyl (C=O) groups is 1. The third-order valence-electron chi connectivity index (χ3n) is 2.96. The number of amides is 1. The third-order valence-corrected chi connectivity index (χ3v) is 3.63. The number of benzene rings is 1. The highest BCUT2D eigenvalue weighted by Gasteiger charge is 2.35. The van der Waals surface area contributed by atoms with Crippen LogP contribution in [0.15, 0.2) is 18.2 Å². The zero-order valence-corrected chi connectivity index (χ0v) is 10.7.